The normalized spacial score (nSPS) is 16.1. The number of halogens is 2. The molecule has 32 heteroatoms. The number of ether oxygens (including phenoxy) is 4. The van der Waals surface area contributed by atoms with Gasteiger partial charge in [0.15, 0.2) is 34.5 Å². The van der Waals surface area contributed by atoms with Gasteiger partial charge in [-0.2, -0.15) is 8.67 Å². The first-order valence-electron chi connectivity index (χ1n) is 29.9. The van der Waals surface area contributed by atoms with Crippen molar-refractivity contribution in [3.05, 3.63) is 104 Å². The second-order valence-corrected chi connectivity index (χ2v) is 26.0. The van der Waals surface area contributed by atoms with Crippen molar-refractivity contribution in [3.63, 3.8) is 0 Å². The molecular weight excluding hydrogens is 1240 g/mol. The minimum Gasteiger partial charge on any atom is -0.691 e. The molecule has 6 rings (SSSR count). The molecular formula is C59H83BF2N9O18S2+. The number of nitrogens with zero attached hydrogens (tertiary/aromatic N) is 5. The van der Waals surface area contributed by atoms with Crippen molar-refractivity contribution in [2.75, 3.05) is 107 Å². The zero-order valence-corrected chi connectivity index (χ0v) is 54.4. The molecule has 1 aromatic heterocycles. The number of carbonyl (C=O) groups excluding carboxylic acids is 6. The quantitative estimate of drug-likeness (QED) is 0.00734. The van der Waals surface area contributed by atoms with Crippen LogP contribution in [0.25, 0.3) is 6.08 Å². The summed E-state index contributed by atoms with van der Waals surface area (Å²) in [5.41, 5.74) is 2.55. The van der Waals surface area contributed by atoms with E-state index in [0.717, 1.165) is 57.1 Å². The van der Waals surface area contributed by atoms with Crippen molar-refractivity contribution in [2.45, 2.75) is 102 Å². The second kappa shape index (κ2) is 34.2. The molecule has 1 aliphatic carbocycles. The van der Waals surface area contributed by atoms with Gasteiger partial charge in [-0.25, -0.2) is 4.79 Å². The first kappa shape index (κ1) is 73.2. The molecule has 1 fully saturated rings. The Labute approximate surface area is 535 Å². The standard InChI is InChI=1S/C59H82BF2N9O18S2/c1-39(84-59(77)85-56-51(72)23-24-52(56)73)44-35-53(82-9)54(37-50(44)69(78)79)83-31-28-66(2)27-26-63-57(75)45(21-13-14-29-70(3,4)5)65-58(76)46(38-91-89-87-81)64-55(74)25-22-43-33-41(20-16-32-90-88-86-80)48-36-49-42(19-15-30-71(6,7)8)34-47(40-17-11-10-12-18-40)68(49)60(61,62)67(43)48/h10-12,17-18,33-37,39,45-46,56H,13-16,19-32,38H2,1-9H3,(H3-2,63,64,65,74,75,76,80,81)/p+1. The average Bonchev–Trinajstić information content (AvgIpc) is 1.58. The van der Waals surface area contributed by atoms with E-state index in [1.54, 1.807) is 36.4 Å². The predicted octanol–water partition coefficient (Wildman–Crippen LogP) is 2.59. The number of methoxy groups -OCH3 is 1. The minimum absolute atomic E-state index is 0.00530. The zero-order chi connectivity index (χ0) is 66.6. The van der Waals surface area contributed by atoms with E-state index in [0.29, 0.717) is 94.5 Å². The number of nitrogens with one attached hydrogen (secondary N) is 4. The van der Waals surface area contributed by atoms with Crippen molar-refractivity contribution in [3.8, 4) is 11.5 Å². The molecule has 4 unspecified atom stereocenters. The molecule has 0 radical (unpaired) electrons. The molecule has 1 saturated carbocycles. The summed E-state index contributed by atoms with van der Waals surface area (Å²) in [6.45, 7) is -0.869. The van der Waals surface area contributed by atoms with Crippen LogP contribution in [0.2, 0.25) is 0 Å². The van der Waals surface area contributed by atoms with Crippen LogP contribution < -0.4 is 40.8 Å². The summed E-state index contributed by atoms with van der Waals surface area (Å²) in [7, 11) is 15.4. The van der Waals surface area contributed by atoms with Gasteiger partial charge in [0.25, 0.3) is 5.69 Å². The molecule has 0 bridgehead atoms. The maximum Gasteiger partial charge on any atom is 0.737 e. The van der Waals surface area contributed by atoms with Crippen molar-refractivity contribution < 1.29 is 109 Å². The molecule has 91 heavy (non-hydrogen) atoms. The van der Waals surface area contributed by atoms with Crippen LogP contribution in [0.4, 0.5) is 19.1 Å². The lowest BCUT2D eigenvalue weighted by Gasteiger charge is -2.32. The number of hydrogen-bond donors (Lipinski definition) is 4. The first-order chi connectivity index (χ1) is 43.2. The van der Waals surface area contributed by atoms with E-state index in [9.17, 15) is 49.4 Å². The van der Waals surface area contributed by atoms with Crippen LogP contribution in [-0.4, -0.2) is 196 Å². The lowest BCUT2D eigenvalue weighted by atomic mass is 9.88. The molecule has 500 valence electrons. The van der Waals surface area contributed by atoms with E-state index in [1.165, 1.54) is 20.1 Å². The fourth-order valence-electron chi connectivity index (χ4n) is 10.8. The van der Waals surface area contributed by atoms with Crippen LogP contribution in [0.3, 0.4) is 0 Å². The van der Waals surface area contributed by atoms with E-state index in [4.69, 9.17) is 18.9 Å². The van der Waals surface area contributed by atoms with E-state index in [-0.39, 0.29) is 79.5 Å². The minimum atomic E-state index is -4.59. The highest BCUT2D eigenvalue weighted by Gasteiger charge is 2.55. The van der Waals surface area contributed by atoms with E-state index in [2.05, 4.69) is 55.8 Å². The number of ketones is 2. The summed E-state index contributed by atoms with van der Waals surface area (Å²) in [5.74, 6) is -3.16. The Hall–Kier alpha value is -6.85. The summed E-state index contributed by atoms with van der Waals surface area (Å²) in [5, 5.41) is 48.9. The zero-order valence-electron chi connectivity index (χ0n) is 52.8. The third kappa shape index (κ3) is 21.4. The topological polar surface area (TPSA) is 314 Å². The number of rotatable bonds is 39. The molecule has 2 aliphatic heterocycles. The van der Waals surface area contributed by atoms with Gasteiger partial charge in [0.1, 0.15) is 31.3 Å². The number of quaternary nitrogens is 3. The van der Waals surface area contributed by atoms with Gasteiger partial charge in [-0.3, -0.25) is 44.2 Å². The molecule has 3 aliphatic rings. The Bertz CT molecular complexity index is 3140. The summed E-state index contributed by atoms with van der Waals surface area (Å²) >= 11 is 1.21. The summed E-state index contributed by atoms with van der Waals surface area (Å²) in [6, 6.07) is 10.5. The van der Waals surface area contributed by atoms with E-state index >= 15 is 8.63 Å². The highest BCUT2D eigenvalue weighted by atomic mass is 32.2. The number of nitro groups is 1. The molecule has 3 heterocycles. The van der Waals surface area contributed by atoms with Gasteiger partial charge in [-0.05, 0) is 87.4 Å². The van der Waals surface area contributed by atoms with Gasteiger partial charge in [0.05, 0.1) is 105 Å². The summed E-state index contributed by atoms with van der Waals surface area (Å²) < 4.78 is 69.4. The molecule has 4 N–H and O–H groups in total. The van der Waals surface area contributed by atoms with E-state index in [1.807, 2.05) is 40.3 Å². The third-order valence-corrected chi connectivity index (χ3v) is 16.7. The highest BCUT2D eigenvalue weighted by Crippen LogP contribution is 2.41. The summed E-state index contributed by atoms with van der Waals surface area (Å²) in [4.78, 5) is 91.0. The van der Waals surface area contributed by atoms with Gasteiger partial charge < -0.3 is 76.9 Å². The molecule has 3 amide bonds. The number of aryl methyl sites for hydroxylation is 2. The van der Waals surface area contributed by atoms with Crippen LogP contribution in [0, 0.1) is 10.1 Å². The van der Waals surface area contributed by atoms with Crippen LogP contribution in [0.15, 0.2) is 65.9 Å². The van der Waals surface area contributed by atoms with Crippen LogP contribution in [-0.2, 0) is 65.0 Å². The van der Waals surface area contributed by atoms with E-state index < -0.39 is 77.3 Å². The molecule has 2 aromatic carbocycles. The smallest absolute Gasteiger partial charge is 0.691 e. The van der Waals surface area contributed by atoms with Gasteiger partial charge in [0.2, 0.25) is 23.8 Å². The van der Waals surface area contributed by atoms with Crippen molar-refractivity contribution in [1.29, 1.82) is 0 Å². The third-order valence-electron chi connectivity index (χ3n) is 15.4. The number of likely N-dealkylation sites (N-methyl/N-ethyl adjacent to an activating group) is 1. The fraction of sp³-hybridized carbons (Fsp3) is 0.542. The molecule has 27 nitrogen and oxygen atoms in total. The Morgan fingerprint density at radius 3 is 2.19 bits per heavy atom. The number of carbonyl (C=O) groups is 6. The lowest BCUT2D eigenvalue weighted by molar-refractivity contribution is -0.878. The van der Waals surface area contributed by atoms with Crippen LogP contribution in [0.1, 0.15) is 98.9 Å². The number of amides is 3. The number of aromatic nitrogens is 1. The molecule has 4 atom stereocenters. The predicted molar refractivity (Wildman–Crippen MR) is 327 cm³/mol. The number of benzene rings is 2. The summed E-state index contributed by atoms with van der Waals surface area (Å²) in [6.07, 6.45) is 2.09. The van der Waals surface area contributed by atoms with Crippen LogP contribution >= 0.6 is 24.1 Å². The number of unbranched alkanes of at least 4 members (excludes halogenated alkanes) is 1. The fourth-order valence-corrected chi connectivity index (χ4v) is 11.6. The van der Waals surface area contributed by atoms with Gasteiger partial charge in [-0.1, -0.05) is 18.2 Å². The molecule has 0 saturated heterocycles. The Morgan fingerprint density at radius 1 is 0.846 bits per heavy atom. The molecule has 0 spiro atoms. The Balaban J connectivity index is 1.12. The maximum atomic E-state index is 17.8. The second-order valence-electron chi connectivity index (χ2n) is 24.5. The van der Waals surface area contributed by atoms with Gasteiger partial charge in [-0.15, -0.1) is 0 Å². The monoisotopic (exact) mass is 1320 g/mol. The Kier molecular flexibility index (Phi) is 27.5. The molecule has 3 aromatic rings. The van der Waals surface area contributed by atoms with Crippen molar-refractivity contribution in [2.24, 2.45) is 0 Å². The number of hydrogen-bond acceptors (Lipinski definition) is 20. The highest BCUT2D eigenvalue weighted by molar-refractivity contribution is 7.94. The first-order valence-corrected chi connectivity index (χ1v) is 31.8. The van der Waals surface area contributed by atoms with Crippen LogP contribution in [0.5, 0.6) is 11.5 Å². The van der Waals surface area contributed by atoms with Gasteiger partial charge >= 0.3 is 13.1 Å². The van der Waals surface area contributed by atoms with Crippen molar-refractivity contribution in [1.82, 2.24) is 20.4 Å². The van der Waals surface area contributed by atoms with Crippen molar-refractivity contribution >= 4 is 84.0 Å². The number of fused-ring (bicyclic) bond motifs is 2. The Morgan fingerprint density at radius 2 is 1.53 bits per heavy atom. The number of allylic oxidation sites excluding steroid dienone is 2. The van der Waals surface area contributed by atoms with Gasteiger partial charge in [0, 0.05) is 84.5 Å². The average molecular weight is 1320 g/mol. The SMILES string of the molecule is COc1cc(C(C)OC(=O)OC2C(=O)CCC2=O)c([N+](=O)[O-])cc1OCC[NH+](C)CCNC(=O)C(CCCC[N+](C)(C)C)NC(=O)C(CSOO[O-])NC(=O)CCc1cc(CCCSOO[O-])c2n1[B-](F)(F)[N+]1=C(c3ccccc3)C=C(CCC[N+](C)(C)C)C1=C2. The lowest BCUT2D eigenvalue weighted by Crippen LogP contribution is -3.10. The number of nitro benzene ring substituents is 1. The largest absolute Gasteiger partial charge is 0.737 e. The number of Topliss-reactive ketones (excluding diaryl/α,β-unsaturated/α-hetero) is 2. The maximum absolute atomic E-state index is 17.8.